The van der Waals surface area contributed by atoms with E-state index in [9.17, 15) is 19.2 Å². The molecule has 35 heavy (non-hydrogen) atoms. The van der Waals surface area contributed by atoms with Crippen molar-refractivity contribution in [1.29, 1.82) is 0 Å². The summed E-state index contributed by atoms with van der Waals surface area (Å²) >= 11 is 2.27. The van der Waals surface area contributed by atoms with Crippen molar-refractivity contribution >= 4 is 51.5 Å². The molecular weight excluding hydrogens is 490 g/mol. The fourth-order valence-electron chi connectivity index (χ4n) is 3.35. The summed E-state index contributed by atoms with van der Waals surface area (Å²) < 4.78 is 5.22. The summed E-state index contributed by atoms with van der Waals surface area (Å²) in [5.41, 5.74) is 0.635. The lowest BCUT2D eigenvalue weighted by molar-refractivity contribution is -0.759. The standard InChI is InChI=1S/C23H29N5O5S2/c1-16(14-34-18(3)29)21(30)24-20-13-28(25-33-20)27-11-9-26(10-12-27)22(31)17(2)15-35-23(32)19-7-5-4-6-8-19/h4-8,13,16-17H,9-12,14-15H2,1-3H3/p+1/t16-,17-/m1/s1. The molecule has 0 aliphatic carbocycles. The number of thioether (sulfide) groups is 2. The summed E-state index contributed by atoms with van der Waals surface area (Å²) in [4.78, 5) is 51.8. The Balaban J connectivity index is 1.43. The number of nitrogens with zero attached hydrogens (tertiary/aromatic N) is 4. The Morgan fingerprint density at radius 2 is 1.69 bits per heavy atom. The fourth-order valence-corrected chi connectivity index (χ4v) is 4.83. The minimum atomic E-state index is -0.361. The largest absolute Gasteiger partial charge is 0.338 e. The molecule has 1 saturated heterocycles. The second kappa shape index (κ2) is 12.7. The highest BCUT2D eigenvalue weighted by atomic mass is 32.2. The molecule has 2 heterocycles. The van der Waals surface area contributed by atoms with Crippen LogP contribution < -0.4 is 15.1 Å². The van der Waals surface area contributed by atoms with E-state index in [2.05, 4.69) is 10.6 Å². The summed E-state index contributed by atoms with van der Waals surface area (Å²) in [7, 11) is 0. The van der Waals surface area contributed by atoms with Gasteiger partial charge in [0, 0.05) is 48.9 Å². The molecule has 1 aromatic heterocycles. The van der Waals surface area contributed by atoms with Gasteiger partial charge in [0.15, 0.2) is 5.12 Å². The van der Waals surface area contributed by atoms with Crippen molar-refractivity contribution in [1.82, 2.24) is 10.2 Å². The number of carbonyl (C=O) groups is 4. The van der Waals surface area contributed by atoms with Gasteiger partial charge in [-0.15, -0.1) is 5.01 Å². The van der Waals surface area contributed by atoms with Crippen LogP contribution in [0.25, 0.3) is 0 Å². The van der Waals surface area contributed by atoms with E-state index < -0.39 is 0 Å². The molecule has 10 nitrogen and oxygen atoms in total. The third-order valence-corrected chi connectivity index (χ3v) is 7.68. The average molecular weight is 521 g/mol. The highest BCUT2D eigenvalue weighted by Crippen LogP contribution is 2.18. The number of anilines is 1. The Labute approximate surface area is 212 Å². The topological polar surface area (TPSA) is 117 Å². The van der Waals surface area contributed by atoms with Gasteiger partial charge in [0.1, 0.15) is 0 Å². The molecule has 1 fully saturated rings. The number of hydrogen-bond donors (Lipinski definition) is 1. The van der Waals surface area contributed by atoms with Crippen molar-refractivity contribution in [3.63, 3.8) is 0 Å². The van der Waals surface area contributed by atoms with Gasteiger partial charge >= 0.3 is 5.88 Å². The summed E-state index contributed by atoms with van der Waals surface area (Å²) in [6.07, 6.45) is 1.58. The number of nitrogens with one attached hydrogen (secondary N) is 1. The van der Waals surface area contributed by atoms with Crippen molar-refractivity contribution in [2.24, 2.45) is 11.8 Å². The number of piperazine rings is 1. The van der Waals surface area contributed by atoms with Gasteiger partial charge in [-0.2, -0.15) is 0 Å². The quantitative estimate of drug-likeness (QED) is 0.494. The average Bonchev–Trinajstić information content (AvgIpc) is 3.34. The summed E-state index contributed by atoms with van der Waals surface area (Å²) in [5, 5.41) is 8.47. The number of benzene rings is 1. The first-order chi connectivity index (χ1) is 16.7. The Bertz CT molecular complexity index is 1040. The van der Waals surface area contributed by atoms with Crippen LogP contribution in [-0.2, 0) is 14.4 Å². The van der Waals surface area contributed by atoms with Gasteiger partial charge in [0.25, 0.3) is 6.20 Å². The van der Waals surface area contributed by atoms with Crippen LogP contribution in [0.5, 0.6) is 0 Å². The van der Waals surface area contributed by atoms with E-state index >= 15 is 0 Å². The zero-order valence-corrected chi connectivity index (χ0v) is 21.6. The van der Waals surface area contributed by atoms with Gasteiger partial charge in [-0.25, -0.2) is 0 Å². The zero-order chi connectivity index (χ0) is 25.4. The van der Waals surface area contributed by atoms with E-state index in [1.54, 1.807) is 30.2 Å². The molecule has 188 valence electrons. The second-order valence-corrected chi connectivity index (χ2v) is 10.5. The van der Waals surface area contributed by atoms with Crippen LogP contribution in [-0.4, -0.2) is 69.9 Å². The van der Waals surface area contributed by atoms with E-state index in [0.29, 0.717) is 43.2 Å². The Morgan fingerprint density at radius 1 is 1.03 bits per heavy atom. The SMILES string of the molecule is CC(=O)SC[C@@H](C)C(=O)Nc1c[n+](N2CCN(C(=O)[C@H](C)CSC(=O)c3ccccc3)CC2)no1. The molecule has 0 unspecified atom stereocenters. The maximum absolute atomic E-state index is 12.8. The van der Waals surface area contributed by atoms with Crippen LogP contribution in [0.4, 0.5) is 5.88 Å². The highest BCUT2D eigenvalue weighted by Gasteiger charge is 2.30. The number of rotatable bonds is 9. The number of amides is 2. The Hall–Kier alpha value is -2.86. The van der Waals surface area contributed by atoms with E-state index in [1.165, 1.54) is 23.5 Å². The van der Waals surface area contributed by atoms with Gasteiger partial charge in [-0.3, -0.25) is 29.0 Å². The lowest BCUT2D eigenvalue weighted by Crippen LogP contribution is -2.66. The van der Waals surface area contributed by atoms with Crippen molar-refractivity contribution in [2.75, 3.05) is 48.0 Å². The van der Waals surface area contributed by atoms with Gasteiger partial charge in [-0.1, -0.05) is 67.7 Å². The van der Waals surface area contributed by atoms with Crippen LogP contribution in [0.15, 0.2) is 41.1 Å². The number of hydrogen-bond acceptors (Lipinski definition) is 9. The van der Waals surface area contributed by atoms with Gasteiger partial charge in [-0.05, 0) is 0 Å². The lowest BCUT2D eigenvalue weighted by atomic mass is 10.1. The maximum atomic E-state index is 12.8. The smallest absolute Gasteiger partial charge is 0.305 e. The molecule has 2 atom stereocenters. The lowest BCUT2D eigenvalue weighted by Gasteiger charge is -2.31. The molecule has 0 saturated carbocycles. The first kappa shape index (κ1) is 26.7. The molecule has 1 N–H and O–H groups in total. The van der Waals surface area contributed by atoms with E-state index in [4.69, 9.17) is 4.52 Å². The first-order valence-corrected chi connectivity index (χ1v) is 13.3. The normalized spacial score (nSPS) is 15.4. The minimum absolute atomic E-state index is 0.0218. The molecular formula is C23H30N5O5S2+. The number of aromatic nitrogens is 2. The molecule has 12 heteroatoms. The molecule has 3 rings (SSSR count). The molecule has 1 aliphatic heterocycles. The summed E-state index contributed by atoms with van der Waals surface area (Å²) in [6, 6.07) is 9.05. The first-order valence-electron chi connectivity index (χ1n) is 11.3. The molecule has 0 radical (unpaired) electrons. The van der Waals surface area contributed by atoms with Gasteiger partial charge in [0.05, 0.1) is 17.9 Å². The van der Waals surface area contributed by atoms with Gasteiger partial charge in [0.2, 0.25) is 22.2 Å². The van der Waals surface area contributed by atoms with Crippen molar-refractivity contribution in [3.8, 4) is 0 Å². The van der Waals surface area contributed by atoms with E-state index in [1.807, 2.05) is 30.1 Å². The molecule has 1 aromatic carbocycles. The molecule has 0 bridgehead atoms. The monoisotopic (exact) mass is 520 g/mol. The number of carbonyl (C=O) groups excluding carboxylic acids is 4. The van der Waals surface area contributed by atoms with Gasteiger partial charge < -0.3 is 4.90 Å². The van der Waals surface area contributed by atoms with Crippen LogP contribution in [0.3, 0.4) is 0 Å². The predicted molar refractivity (Wildman–Crippen MR) is 135 cm³/mol. The Kier molecular flexibility index (Phi) is 9.73. The van der Waals surface area contributed by atoms with Crippen LogP contribution in [0.2, 0.25) is 0 Å². The van der Waals surface area contributed by atoms with Crippen molar-refractivity contribution in [2.45, 2.75) is 20.8 Å². The second-order valence-electron chi connectivity index (χ2n) is 8.32. The molecule has 1 aliphatic rings. The van der Waals surface area contributed by atoms with E-state index in [0.717, 1.165) is 11.8 Å². The minimum Gasteiger partial charge on any atom is -0.338 e. The summed E-state index contributed by atoms with van der Waals surface area (Å²) in [6.45, 7) is 7.17. The molecule has 2 amide bonds. The third kappa shape index (κ3) is 7.82. The third-order valence-electron chi connectivity index (χ3n) is 5.44. The van der Waals surface area contributed by atoms with Crippen LogP contribution in [0.1, 0.15) is 31.1 Å². The zero-order valence-electron chi connectivity index (χ0n) is 20.0. The van der Waals surface area contributed by atoms with Crippen molar-refractivity contribution in [3.05, 3.63) is 42.1 Å². The highest BCUT2D eigenvalue weighted by molar-refractivity contribution is 8.14. The van der Waals surface area contributed by atoms with Crippen LogP contribution in [0, 0.1) is 11.8 Å². The van der Waals surface area contributed by atoms with E-state index in [-0.39, 0.29) is 39.8 Å². The Morgan fingerprint density at radius 3 is 2.34 bits per heavy atom. The fraction of sp³-hybridized carbons (Fsp3) is 0.478. The summed E-state index contributed by atoms with van der Waals surface area (Å²) in [5.74, 6) is 0.161. The maximum Gasteiger partial charge on any atom is 0.305 e. The molecule has 2 aromatic rings. The van der Waals surface area contributed by atoms with Crippen molar-refractivity contribution < 1.29 is 28.5 Å². The van der Waals surface area contributed by atoms with Crippen LogP contribution >= 0.6 is 23.5 Å². The predicted octanol–water partition coefficient (Wildman–Crippen LogP) is 1.81. The molecule has 0 spiro atoms.